The largest absolute Gasteiger partial charge is 0.392 e. The lowest BCUT2D eigenvalue weighted by atomic mass is 10.2. The third-order valence-electron chi connectivity index (χ3n) is 2.15. The second-order valence-electron chi connectivity index (χ2n) is 3.11. The Morgan fingerprint density at radius 2 is 1.85 bits per heavy atom. The zero-order valence-electron chi connectivity index (χ0n) is 8.03. The van der Waals surface area contributed by atoms with Gasteiger partial charge in [-0.3, -0.25) is 4.90 Å². The second kappa shape index (κ2) is 9.03. The van der Waals surface area contributed by atoms with E-state index in [0.29, 0.717) is 0 Å². The minimum absolute atomic E-state index is 0. The van der Waals surface area contributed by atoms with Gasteiger partial charge in [0.25, 0.3) is 0 Å². The van der Waals surface area contributed by atoms with Gasteiger partial charge in [-0.05, 0) is 6.42 Å². The van der Waals surface area contributed by atoms with Crippen molar-refractivity contribution in [2.45, 2.75) is 19.4 Å². The SMILES string of the molecule is CC[C@@H](O)CN1CCNCC1.Cl.Cl. The van der Waals surface area contributed by atoms with Crippen LogP contribution in [0.2, 0.25) is 0 Å². The minimum Gasteiger partial charge on any atom is -0.392 e. The highest BCUT2D eigenvalue weighted by Gasteiger charge is 2.12. The summed E-state index contributed by atoms with van der Waals surface area (Å²) in [7, 11) is 0. The number of nitrogens with zero attached hydrogens (tertiary/aromatic N) is 1. The van der Waals surface area contributed by atoms with Crippen molar-refractivity contribution in [1.29, 1.82) is 0 Å². The summed E-state index contributed by atoms with van der Waals surface area (Å²) in [6, 6.07) is 0. The number of nitrogens with one attached hydrogen (secondary N) is 1. The van der Waals surface area contributed by atoms with E-state index in [9.17, 15) is 5.11 Å². The van der Waals surface area contributed by atoms with Gasteiger partial charge in [0.05, 0.1) is 6.10 Å². The predicted molar refractivity (Wildman–Crippen MR) is 60.1 cm³/mol. The van der Waals surface area contributed by atoms with Crippen molar-refractivity contribution in [3.8, 4) is 0 Å². The van der Waals surface area contributed by atoms with E-state index in [2.05, 4.69) is 10.2 Å². The number of piperazine rings is 1. The molecule has 0 spiro atoms. The lowest BCUT2D eigenvalue weighted by Crippen LogP contribution is -2.46. The van der Waals surface area contributed by atoms with Gasteiger partial charge in [-0.2, -0.15) is 0 Å². The first kappa shape index (κ1) is 15.9. The van der Waals surface area contributed by atoms with Crippen LogP contribution >= 0.6 is 24.8 Å². The standard InChI is InChI=1S/C8H18N2O.2ClH/c1-2-8(11)7-10-5-3-9-4-6-10;;/h8-9,11H,2-7H2,1H3;2*1H/t8-;;/m1../s1. The Labute approximate surface area is 92.7 Å². The lowest BCUT2D eigenvalue weighted by Gasteiger charge is -2.28. The molecule has 1 fully saturated rings. The van der Waals surface area contributed by atoms with Crippen LogP contribution in [0.4, 0.5) is 0 Å². The molecule has 1 saturated heterocycles. The minimum atomic E-state index is -0.131. The molecule has 1 heterocycles. The summed E-state index contributed by atoms with van der Waals surface area (Å²) >= 11 is 0. The molecule has 0 aliphatic carbocycles. The third kappa shape index (κ3) is 6.52. The van der Waals surface area contributed by atoms with Crippen LogP contribution in [0, 0.1) is 0 Å². The van der Waals surface area contributed by atoms with Crippen LogP contribution in [0.3, 0.4) is 0 Å². The second-order valence-corrected chi connectivity index (χ2v) is 3.11. The smallest absolute Gasteiger partial charge is 0.0664 e. The zero-order valence-corrected chi connectivity index (χ0v) is 9.66. The normalized spacial score (nSPS) is 19.8. The molecule has 0 aromatic rings. The van der Waals surface area contributed by atoms with Crippen LogP contribution in [-0.4, -0.2) is 48.8 Å². The van der Waals surface area contributed by atoms with Crippen molar-refractivity contribution in [3.63, 3.8) is 0 Å². The van der Waals surface area contributed by atoms with Crippen molar-refractivity contribution in [2.75, 3.05) is 32.7 Å². The molecule has 13 heavy (non-hydrogen) atoms. The molecule has 0 aromatic carbocycles. The molecule has 0 aromatic heterocycles. The summed E-state index contributed by atoms with van der Waals surface area (Å²) in [6.07, 6.45) is 0.734. The monoisotopic (exact) mass is 230 g/mol. The highest BCUT2D eigenvalue weighted by molar-refractivity contribution is 5.85. The number of aliphatic hydroxyl groups is 1. The molecule has 0 saturated carbocycles. The van der Waals surface area contributed by atoms with E-state index in [1.54, 1.807) is 0 Å². The maximum atomic E-state index is 9.35. The Balaban J connectivity index is 0. The first-order valence-corrected chi connectivity index (χ1v) is 4.44. The summed E-state index contributed by atoms with van der Waals surface area (Å²) in [5.74, 6) is 0. The molecule has 1 aliphatic rings. The number of aliphatic hydroxyl groups excluding tert-OH is 1. The first-order valence-electron chi connectivity index (χ1n) is 4.44. The molecule has 1 rings (SSSR count). The Morgan fingerprint density at radius 3 is 2.31 bits per heavy atom. The van der Waals surface area contributed by atoms with E-state index in [1.807, 2.05) is 6.92 Å². The van der Waals surface area contributed by atoms with Gasteiger partial charge >= 0.3 is 0 Å². The van der Waals surface area contributed by atoms with Gasteiger partial charge in [-0.25, -0.2) is 0 Å². The van der Waals surface area contributed by atoms with Gasteiger partial charge in [0.1, 0.15) is 0 Å². The summed E-state index contributed by atoms with van der Waals surface area (Å²) < 4.78 is 0. The van der Waals surface area contributed by atoms with E-state index in [1.165, 1.54) is 0 Å². The summed E-state index contributed by atoms with van der Waals surface area (Å²) in [4.78, 5) is 2.31. The van der Waals surface area contributed by atoms with E-state index in [4.69, 9.17) is 0 Å². The lowest BCUT2D eigenvalue weighted by molar-refractivity contribution is 0.102. The van der Waals surface area contributed by atoms with Gasteiger partial charge in [-0.1, -0.05) is 6.92 Å². The highest BCUT2D eigenvalue weighted by Crippen LogP contribution is 1.97. The molecule has 3 nitrogen and oxygen atoms in total. The fourth-order valence-electron chi connectivity index (χ4n) is 1.32. The van der Waals surface area contributed by atoms with Gasteiger partial charge in [0.15, 0.2) is 0 Å². The van der Waals surface area contributed by atoms with E-state index < -0.39 is 0 Å². The molecule has 5 heteroatoms. The summed E-state index contributed by atoms with van der Waals surface area (Å²) in [5, 5.41) is 12.6. The van der Waals surface area contributed by atoms with Crippen molar-refractivity contribution in [3.05, 3.63) is 0 Å². The predicted octanol–water partition coefficient (Wildman–Crippen LogP) is 0.506. The fraction of sp³-hybridized carbons (Fsp3) is 1.00. The molecule has 0 radical (unpaired) electrons. The van der Waals surface area contributed by atoms with Gasteiger partial charge in [0.2, 0.25) is 0 Å². The van der Waals surface area contributed by atoms with Crippen LogP contribution in [0.1, 0.15) is 13.3 Å². The van der Waals surface area contributed by atoms with Gasteiger partial charge < -0.3 is 10.4 Å². The molecular weight excluding hydrogens is 211 g/mol. The topological polar surface area (TPSA) is 35.5 Å². The van der Waals surface area contributed by atoms with Crippen molar-refractivity contribution < 1.29 is 5.11 Å². The molecule has 0 bridgehead atoms. The number of β-amino-alcohol motifs (C(OH)–C–C–N with tert-alkyl or cyclic N) is 1. The van der Waals surface area contributed by atoms with E-state index in [-0.39, 0.29) is 30.9 Å². The quantitative estimate of drug-likeness (QED) is 0.742. The Hall–Kier alpha value is 0.460. The van der Waals surface area contributed by atoms with Crippen LogP contribution < -0.4 is 5.32 Å². The maximum Gasteiger partial charge on any atom is 0.0664 e. The molecule has 0 unspecified atom stereocenters. The number of rotatable bonds is 3. The average molecular weight is 231 g/mol. The Kier molecular flexibility index (Phi) is 11.1. The van der Waals surface area contributed by atoms with Crippen molar-refractivity contribution in [2.24, 2.45) is 0 Å². The highest BCUT2D eigenvalue weighted by atomic mass is 35.5. The number of halogens is 2. The molecule has 0 amide bonds. The van der Waals surface area contributed by atoms with Crippen LogP contribution in [0.25, 0.3) is 0 Å². The van der Waals surface area contributed by atoms with Crippen LogP contribution in [-0.2, 0) is 0 Å². The molecule has 1 atom stereocenters. The number of hydrogen-bond acceptors (Lipinski definition) is 3. The summed E-state index contributed by atoms with van der Waals surface area (Å²) in [6.45, 7) is 7.16. The molecule has 2 N–H and O–H groups in total. The summed E-state index contributed by atoms with van der Waals surface area (Å²) in [5.41, 5.74) is 0. The molecule has 82 valence electrons. The van der Waals surface area contributed by atoms with Crippen LogP contribution in [0.5, 0.6) is 0 Å². The van der Waals surface area contributed by atoms with Crippen LogP contribution in [0.15, 0.2) is 0 Å². The molecular formula is C8H20Cl2N2O. The Morgan fingerprint density at radius 1 is 1.31 bits per heavy atom. The Bertz CT molecular complexity index is 110. The average Bonchev–Trinajstić information content (AvgIpc) is 2.06. The molecule has 1 aliphatic heterocycles. The number of hydrogen-bond donors (Lipinski definition) is 2. The van der Waals surface area contributed by atoms with Gasteiger partial charge in [-0.15, -0.1) is 24.8 Å². The fourth-order valence-corrected chi connectivity index (χ4v) is 1.32. The first-order chi connectivity index (χ1) is 5.33. The van der Waals surface area contributed by atoms with Crippen molar-refractivity contribution >= 4 is 24.8 Å². The van der Waals surface area contributed by atoms with E-state index >= 15 is 0 Å². The van der Waals surface area contributed by atoms with Gasteiger partial charge in [0, 0.05) is 32.7 Å². The van der Waals surface area contributed by atoms with E-state index in [0.717, 1.165) is 39.1 Å². The zero-order chi connectivity index (χ0) is 8.10. The maximum absolute atomic E-state index is 9.35. The van der Waals surface area contributed by atoms with Crippen molar-refractivity contribution in [1.82, 2.24) is 10.2 Å². The third-order valence-corrected chi connectivity index (χ3v) is 2.15.